The molecule has 1 amide bonds. The van der Waals surface area contributed by atoms with Crippen LogP contribution < -0.4 is 9.64 Å². The molecule has 1 aromatic heterocycles. The predicted molar refractivity (Wildman–Crippen MR) is 123 cm³/mol. The maximum atomic E-state index is 12.7. The third kappa shape index (κ3) is 5.33. The number of benzene rings is 2. The van der Waals surface area contributed by atoms with E-state index >= 15 is 0 Å². The van der Waals surface area contributed by atoms with Crippen molar-refractivity contribution >= 4 is 23.3 Å². The van der Waals surface area contributed by atoms with Crippen LogP contribution in [-0.2, 0) is 11.2 Å². The third-order valence-electron chi connectivity index (χ3n) is 5.34. The summed E-state index contributed by atoms with van der Waals surface area (Å²) in [5.74, 6) is 1.81. The Morgan fingerprint density at radius 2 is 1.65 bits per heavy atom. The van der Waals surface area contributed by atoms with Crippen molar-refractivity contribution < 1.29 is 9.53 Å². The maximum absolute atomic E-state index is 12.7. The molecule has 0 saturated carbocycles. The highest BCUT2D eigenvalue weighted by Gasteiger charge is 2.22. The second kappa shape index (κ2) is 9.79. The van der Waals surface area contributed by atoms with Gasteiger partial charge in [0, 0.05) is 36.8 Å². The van der Waals surface area contributed by atoms with Crippen LogP contribution in [0.3, 0.4) is 0 Å². The summed E-state index contributed by atoms with van der Waals surface area (Å²) in [6, 6.07) is 19.2. The predicted octanol–water partition coefficient (Wildman–Crippen LogP) is 4.09. The number of rotatable bonds is 6. The van der Waals surface area contributed by atoms with Crippen molar-refractivity contribution in [2.45, 2.75) is 13.3 Å². The van der Waals surface area contributed by atoms with Gasteiger partial charge in [0.25, 0.3) is 0 Å². The van der Waals surface area contributed by atoms with E-state index in [1.165, 1.54) is 0 Å². The van der Waals surface area contributed by atoms with E-state index in [2.05, 4.69) is 15.1 Å². The first-order valence-corrected chi connectivity index (χ1v) is 10.8. The number of aromatic nitrogens is 2. The molecular weight excluding hydrogens is 412 g/mol. The van der Waals surface area contributed by atoms with E-state index in [0.29, 0.717) is 31.1 Å². The minimum Gasteiger partial charge on any atom is -0.494 e. The Morgan fingerprint density at radius 3 is 2.26 bits per heavy atom. The van der Waals surface area contributed by atoms with Gasteiger partial charge in [-0.2, -0.15) is 0 Å². The summed E-state index contributed by atoms with van der Waals surface area (Å²) in [7, 11) is 0. The van der Waals surface area contributed by atoms with Crippen LogP contribution >= 0.6 is 11.6 Å². The number of hydrogen-bond acceptors (Lipinski definition) is 5. The molecule has 160 valence electrons. The number of carbonyl (C=O) groups excluding carboxylic acids is 1. The van der Waals surface area contributed by atoms with Crippen molar-refractivity contribution in [2.75, 3.05) is 37.7 Å². The molecule has 4 rings (SSSR count). The smallest absolute Gasteiger partial charge is 0.227 e. The summed E-state index contributed by atoms with van der Waals surface area (Å²) >= 11 is 5.95. The molecule has 1 fully saturated rings. The van der Waals surface area contributed by atoms with Gasteiger partial charge in [-0.25, -0.2) is 0 Å². The lowest BCUT2D eigenvalue weighted by Crippen LogP contribution is -2.49. The van der Waals surface area contributed by atoms with Crippen molar-refractivity contribution in [3.05, 3.63) is 71.2 Å². The van der Waals surface area contributed by atoms with Crippen LogP contribution in [0, 0.1) is 0 Å². The van der Waals surface area contributed by atoms with Crippen molar-refractivity contribution in [3.8, 4) is 17.0 Å². The Bertz CT molecular complexity index is 999. The lowest BCUT2D eigenvalue weighted by Gasteiger charge is -2.35. The third-order valence-corrected chi connectivity index (χ3v) is 5.59. The van der Waals surface area contributed by atoms with Crippen LogP contribution in [0.4, 0.5) is 5.82 Å². The number of ether oxygens (including phenoxy) is 1. The Kier molecular flexibility index (Phi) is 6.67. The van der Waals surface area contributed by atoms with E-state index < -0.39 is 0 Å². The molecule has 0 unspecified atom stereocenters. The summed E-state index contributed by atoms with van der Waals surface area (Å²) in [5, 5.41) is 9.45. The zero-order chi connectivity index (χ0) is 21.6. The fourth-order valence-corrected chi connectivity index (χ4v) is 3.74. The average Bonchev–Trinajstić information content (AvgIpc) is 2.81. The number of amides is 1. The normalized spacial score (nSPS) is 13.9. The van der Waals surface area contributed by atoms with Crippen molar-refractivity contribution in [1.29, 1.82) is 0 Å². The van der Waals surface area contributed by atoms with Crippen LogP contribution in [0.15, 0.2) is 60.7 Å². The van der Waals surface area contributed by atoms with Gasteiger partial charge >= 0.3 is 0 Å². The quantitative estimate of drug-likeness (QED) is 0.582. The SMILES string of the molecule is CCOc1ccc(CC(=O)N2CCN(c3ccc(-c4ccc(Cl)cc4)nn3)CC2)cc1. The molecule has 31 heavy (non-hydrogen) atoms. The summed E-state index contributed by atoms with van der Waals surface area (Å²) in [4.78, 5) is 16.8. The summed E-state index contributed by atoms with van der Waals surface area (Å²) in [6.45, 7) is 5.42. The van der Waals surface area contributed by atoms with Crippen LogP contribution in [0.1, 0.15) is 12.5 Å². The molecular formula is C24H25ClN4O2. The van der Waals surface area contributed by atoms with Crippen LogP contribution in [-0.4, -0.2) is 53.8 Å². The molecule has 0 N–H and O–H groups in total. The van der Waals surface area contributed by atoms with E-state index in [0.717, 1.165) is 41.5 Å². The molecule has 2 aromatic carbocycles. The standard InChI is InChI=1S/C24H25ClN4O2/c1-2-31-21-9-3-18(4-10-21)17-24(30)29-15-13-28(14-16-29)23-12-11-22(26-27-23)19-5-7-20(25)8-6-19/h3-12H,2,13-17H2,1H3. The lowest BCUT2D eigenvalue weighted by molar-refractivity contribution is -0.130. The topological polar surface area (TPSA) is 58.6 Å². The molecule has 6 nitrogen and oxygen atoms in total. The highest BCUT2D eigenvalue weighted by Crippen LogP contribution is 2.21. The van der Waals surface area contributed by atoms with Gasteiger partial charge in [0.2, 0.25) is 5.91 Å². The van der Waals surface area contributed by atoms with Crippen molar-refractivity contribution in [1.82, 2.24) is 15.1 Å². The van der Waals surface area contributed by atoms with Crippen LogP contribution in [0.5, 0.6) is 5.75 Å². The van der Waals surface area contributed by atoms with Crippen LogP contribution in [0.2, 0.25) is 5.02 Å². The van der Waals surface area contributed by atoms with E-state index in [1.807, 2.05) is 72.5 Å². The highest BCUT2D eigenvalue weighted by atomic mass is 35.5. The number of halogens is 1. The van der Waals surface area contributed by atoms with E-state index in [1.54, 1.807) is 0 Å². The number of nitrogens with zero attached hydrogens (tertiary/aromatic N) is 4. The average molecular weight is 437 g/mol. The summed E-state index contributed by atoms with van der Waals surface area (Å²) < 4.78 is 5.46. The fourth-order valence-electron chi connectivity index (χ4n) is 3.61. The highest BCUT2D eigenvalue weighted by molar-refractivity contribution is 6.30. The van der Waals surface area contributed by atoms with Gasteiger partial charge in [0.05, 0.1) is 18.7 Å². The van der Waals surface area contributed by atoms with Gasteiger partial charge in [-0.15, -0.1) is 10.2 Å². The Labute approximate surface area is 187 Å². The fraction of sp³-hybridized carbons (Fsp3) is 0.292. The Balaban J connectivity index is 1.30. The van der Waals surface area contributed by atoms with Gasteiger partial charge in [0.1, 0.15) is 5.75 Å². The van der Waals surface area contributed by atoms with E-state index in [9.17, 15) is 4.79 Å². The summed E-state index contributed by atoms with van der Waals surface area (Å²) in [6.07, 6.45) is 0.405. The number of hydrogen-bond donors (Lipinski definition) is 0. The zero-order valence-corrected chi connectivity index (χ0v) is 18.3. The molecule has 0 radical (unpaired) electrons. The number of anilines is 1. The van der Waals surface area contributed by atoms with Gasteiger partial charge in [-0.1, -0.05) is 35.9 Å². The first-order valence-electron chi connectivity index (χ1n) is 10.5. The molecule has 0 spiro atoms. The van der Waals surface area contributed by atoms with Gasteiger partial charge in [-0.3, -0.25) is 4.79 Å². The molecule has 2 heterocycles. The van der Waals surface area contributed by atoms with Gasteiger partial charge < -0.3 is 14.5 Å². The van der Waals surface area contributed by atoms with E-state index in [4.69, 9.17) is 16.3 Å². The number of piperazine rings is 1. The maximum Gasteiger partial charge on any atom is 0.227 e. The molecule has 0 aliphatic carbocycles. The molecule has 1 aliphatic heterocycles. The molecule has 7 heteroatoms. The van der Waals surface area contributed by atoms with Crippen molar-refractivity contribution in [2.24, 2.45) is 0 Å². The first kappa shape index (κ1) is 21.1. The summed E-state index contributed by atoms with van der Waals surface area (Å²) in [5.41, 5.74) is 2.79. The molecule has 0 atom stereocenters. The second-order valence-corrected chi connectivity index (χ2v) is 7.84. The first-order chi connectivity index (χ1) is 15.1. The van der Waals surface area contributed by atoms with Gasteiger partial charge in [-0.05, 0) is 48.9 Å². The molecule has 0 bridgehead atoms. The number of carbonyl (C=O) groups is 1. The Hall–Kier alpha value is -3.12. The van der Waals surface area contributed by atoms with E-state index in [-0.39, 0.29) is 5.91 Å². The largest absolute Gasteiger partial charge is 0.494 e. The molecule has 1 saturated heterocycles. The monoisotopic (exact) mass is 436 g/mol. The van der Waals surface area contributed by atoms with Crippen LogP contribution in [0.25, 0.3) is 11.3 Å². The zero-order valence-electron chi connectivity index (χ0n) is 17.5. The second-order valence-electron chi connectivity index (χ2n) is 7.41. The Morgan fingerprint density at radius 1 is 0.935 bits per heavy atom. The minimum atomic E-state index is 0.146. The lowest BCUT2D eigenvalue weighted by atomic mass is 10.1. The van der Waals surface area contributed by atoms with Gasteiger partial charge in [0.15, 0.2) is 5.82 Å². The molecule has 3 aromatic rings. The molecule has 1 aliphatic rings. The minimum absolute atomic E-state index is 0.146. The van der Waals surface area contributed by atoms with Crippen molar-refractivity contribution in [3.63, 3.8) is 0 Å².